The summed E-state index contributed by atoms with van der Waals surface area (Å²) in [6.45, 7) is 0. The summed E-state index contributed by atoms with van der Waals surface area (Å²) in [4.78, 5) is 0. The van der Waals surface area contributed by atoms with E-state index in [0.717, 1.165) is 0 Å². The monoisotopic (exact) mass is 162 g/mol. The van der Waals surface area contributed by atoms with E-state index in [-0.39, 0.29) is 17.4 Å². The zero-order chi connectivity index (χ0) is 8.12. The van der Waals surface area contributed by atoms with Crippen LogP contribution in [0.25, 0.3) is 0 Å². The quantitative estimate of drug-likeness (QED) is 0.405. The summed E-state index contributed by atoms with van der Waals surface area (Å²) in [5, 5.41) is 8.25. The Kier molecular flexibility index (Phi) is 128. The van der Waals surface area contributed by atoms with Gasteiger partial charge in [-0.1, -0.05) is 0 Å². The Balaban J connectivity index is -0.0000000257. The largest absolute Gasteiger partial charge is 3.00 e. The molecule has 0 aliphatic carbocycles. The summed E-state index contributed by atoms with van der Waals surface area (Å²) >= 11 is 0. The molecule has 0 aliphatic heterocycles. The minimum Gasteiger partial charge on any atom is -0.323 e. The number of rotatable bonds is 0. The van der Waals surface area contributed by atoms with Crippen LogP contribution < -0.4 is 16.0 Å². The van der Waals surface area contributed by atoms with E-state index < -0.39 is 0 Å². The second-order valence-corrected chi connectivity index (χ2v) is 1.50. The van der Waals surface area contributed by atoms with Crippen LogP contribution in [0.2, 0.25) is 0 Å². The van der Waals surface area contributed by atoms with Crippen molar-refractivity contribution in [2.24, 2.45) is 0 Å². The molecule has 0 amide bonds. The molecule has 0 unspecified atom stereocenters. The van der Waals surface area contributed by atoms with E-state index in [2.05, 4.69) is 16.0 Å². The Hall–Kier alpha value is 0.412. The molecule has 0 saturated carbocycles. The molecule has 0 radical (unpaired) electrons. The van der Waals surface area contributed by atoms with Crippen molar-refractivity contribution in [2.75, 3.05) is 42.3 Å². The molecule has 3 nitrogen and oxygen atoms in total. The summed E-state index contributed by atoms with van der Waals surface area (Å²) < 4.78 is 0. The van der Waals surface area contributed by atoms with Crippen molar-refractivity contribution in [3.05, 3.63) is 0 Å². The maximum atomic E-state index is 2.75. The Bertz CT molecular complexity index is 17.7. The van der Waals surface area contributed by atoms with Gasteiger partial charge in [-0.05, 0) is 42.3 Å². The Labute approximate surface area is 76.1 Å². The van der Waals surface area contributed by atoms with E-state index in [1.165, 1.54) is 0 Å². The van der Waals surface area contributed by atoms with Gasteiger partial charge in [0.1, 0.15) is 0 Å². The van der Waals surface area contributed by atoms with Crippen LogP contribution in [0.4, 0.5) is 0 Å². The molecule has 0 saturated heterocycles. The smallest absolute Gasteiger partial charge is 0.323 e. The normalized spacial score (nSPS) is 5.40. The van der Waals surface area contributed by atoms with Gasteiger partial charge in [0.15, 0.2) is 0 Å². The van der Waals surface area contributed by atoms with Crippen LogP contribution in [0.15, 0.2) is 0 Å². The molecule has 0 aliphatic rings. The van der Waals surface area contributed by atoms with Gasteiger partial charge in [0, 0.05) is 0 Å². The van der Waals surface area contributed by atoms with Crippen LogP contribution in [-0.2, 0) is 0 Å². The molecule has 4 heteroatoms. The minimum absolute atomic E-state index is 0. The SMILES string of the molecule is CNC.CNC.CNC.[Al+3]. The average molecular weight is 162 g/mol. The third-order valence-electron chi connectivity index (χ3n) is 0. The van der Waals surface area contributed by atoms with Gasteiger partial charge in [0.05, 0.1) is 0 Å². The zero-order valence-corrected chi connectivity index (χ0v) is 9.23. The molecule has 0 heterocycles. The van der Waals surface area contributed by atoms with Crippen LogP contribution >= 0.6 is 0 Å². The second kappa shape index (κ2) is 57.2. The van der Waals surface area contributed by atoms with E-state index in [0.29, 0.717) is 0 Å². The molecular weight excluding hydrogens is 141 g/mol. The fourth-order valence-electron chi connectivity index (χ4n) is 0. The third kappa shape index (κ3) is 2720. The van der Waals surface area contributed by atoms with Gasteiger partial charge >= 0.3 is 17.4 Å². The summed E-state index contributed by atoms with van der Waals surface area (Å²) in [6, 6.07) is 0. The molecule has 60 valence electrons. The fourth-order valence-corrected chi connectivity index (χ4v) is 0. The predicted octanol–water partition coefficient (Wildman–Crippen LogP) is -0.874. The molecule has 0 bridgehead atoms. The summed E-state index contributed by atoms with van der Waals surface area (Å²) in [5.74, 6) is 0. The second-order valence-electron chi connectivity index (χ2n) is 1.50. The first-order valence-corrected chi connectivity index (χ1v) is 3.00. The molecule has 10 heavy (non-hydrogen) atoms. The van der Waals surface area contributed by atoms with Gasteiger partial charge in [0.25, 0.3) is 0 Å². The van der Waals surface area contributed by atoms with Crippen molar-refractivity contribution in [3.63, 3.8) is 0 Å². The number of hydrogen-bond donors (Lipinski definition) is 3. The first-order valence-electron chi connectivity index (χ1n) is 3.00. The summed E-state index contributed by atoms with van der Waals surface area (Å²) in [5.41, 5.74) is 0. The fraction of sp³-hybridized carbons (Fsp3) is 1.00. The zero-order valence-electron chi connectivity index (χ0n) is 8.08. The van der Waals surface area contributed by atoms with Crippen molar-refractivity contribution in [2.45, 2.75) is 0 Å². The minimum atomic E-state index is 0. The van der Waals surface area contributed by atoms with Crippen LogP contribution in [-0.4, -0.2) is 59.6 Å². The standard InChI is InChI=1S/3C2H7N.Al/c3*1-3-2;/h3*3H,1-2H3;/q;;;+3. The van der Waals surface area contributed by atoms with E-state index in [1.807, 2.05) is 42.3 Å². The molecule has 3 N–H and O–H groups in total. The van der Waals surface area contributed by atoms with E-state index in [4.69, 9.17) is 0 Å². The molecular formula is C6H21AlN3+3. The Morgan fingerprint density at radius 3 is 0.500 bits per heavy atom. The van der Waals surface area contributed by atoms with Crippen LogP contribution in [0.3, 0.4) is 0 Å². The van der Waals surface area contributed by atoms with Gasteiger partial charge in [-0.3, -0.25) is 0 Å². The third-order valence-corrected chi connectivity index (χ3v) is 0. The molecule has 0 aromatic carbocycles. The molecule has 0 fully saturated rings. The van der Waals surface area contributed by atoms with Gasteiger partial charge in [0.2, 0.25) is 0 Å². The Morgan fingerprint density at radius 2 is 0.500 bits per heavy atom. The summed E-state index contributed by atoms with van der Waals surface area (Å²) in [6.07, 6.45) is 0. The average Bonchev–Trinajstić information content (AvgIpc) is 1.70. The van der Waals surface area contributed by atoms with Gasteiger partial charge in [-0.2, -0.15) is 0 Å². The molecule has 0 spiro atoms. The van der Waals surface area contributed by atoms with E-state index in [9.17, 15) is 0 Å². The van der Waals surface area contributed by atoms with E-state index in [1.54, 1.807) is 0 Å². The van der Waals surface area contributed by atoms with Crippen LogP contribution in [0.1, 0.15) is 0 Å². The maximum Gasteiger partial charge on any atom is 3.00 e. The van der Waals surface area contributed by atoms with Gasteiger partial charge in [-0.15, -0.1) is 0 Å². The molecule has 0 atom stereocenters. The van der Waals surface area contributed by atoms with Crippen molar-refractivity contribution in [1.82, 2.24) is 16.0 Å². The predicted molar refractivity (Wildman–Crippen MR) is 50.7 cm³/mol. The molecule has 0 rings (SSSR count). The number of hydrogen-bond acceptors (Lipinski definition) is 3. The van der Waals surface area contributed by atoms with Crippen molar-refractivity contribution < 1.29 is 0 Å². The molecule has 0 aromatic heterocycles. The van der Waals surface area contributed by atoms with Crippen LogP contribution in [0, 0.1) is 0 Å². The summed E-state index contributed by atoms with van der Waals surface area (Å²) in [7, 11) is 11.2. The van der Waals surface area contributed by atoms with Crippen molar-refractivity contribution in [1.29, 1.82) is 0 Å². The first-order chi connectivity index (χ1) is 4.24. The van der Waals surface area contributed by atoms with Gasteiger partial charge in [-0.25, -0.2) is 0 Å². The Morgan fingerprint density at radius 1 is 0.500 bits per heavy atom. The van der Waals surface area contributed by atoms with Crippen LogP contribution in [0.5, 0.6) is 0 Å². The van der Waals surface area contributed by atoms with Gasteiger partial charge < -0.3 is 16.0 Å². The van der Waals surface area contributed by atoms with E-state index >= 15 is 0 Å². The topological polar surface area (TPSA) is 36.1 Å². The molecule has 0 aromatic rings. The number of nitrogens with one attached hydrogen (secondary N) is 3. The maximum absolute atomic E-state index is 2.75. The van der Waals surface area contributed by atoms with Crippen molar-refractivity contribution in [3.8, 4) is 0 Å². The van der Waals surface area contributed by atoms with Crippen molar-refractivity contribution >= 4 is 17.4 Å². The first kappa shape index (κ1) is 22.4.